The van der Waals surface area contributed by atoms with Crippen LogP contribution in [0.4, 0.5) is 8.78 Å². The minimum Gasteiger partial charge on any atom is -0.395 e. The lowest BCUT2D eigenvalue weighted by Gasteiger charge is -2.40. The first-order valence-electron chi connectivity index (χ1n) is 14.7. The van der Waals surface area contributed by atoms with Crippen LogP contribution in [-0.4, -0.2) is 86.8 Å². The van der Waals surface area contributed by atoms with E-state index in [1.54, 1.807) is 63.2 Å². The number of alkyl halides is 2. The number of hydrogen-bond acceptors (Lipinski definition) is 8. The molecular weight excluding hydrogens is 610 g/mol. The third kappa shape index (κ3) is 10.3. The van der Waals surface area contributed by atoms with Gasteiger partial charge in [0.2, 0.25) is 21.8 Å². The van der Waals surface area contributed by atoms with E-state index in [1.165, 1.54) is 0 Å². The molecule has 0 fully saturated rings. The molecule has 2 aromatic carbocycles. The number of rotatable bonds is 16. The number of nitrogens with zero attached hydrogens (tertiary/aromatic N) is 2. The summed E-state index contributed by atoms with van der Waals surface area (Å²) in [6.07, 6.45) is -4.15. The lowest BCUT2D eigenvalue weighted by molar-refractivity contribution is -0.286. The molecule has 2 aromatic rings. The van der Waals surface area contributed by atoms with Crippen LogP contribution in [-0.2, 0) is 26.0 Å². The number of carbonyl (C=O) groups is 2. The summed E-state index contributed by atoms with van der Waals surface area (Å²) in [5, 5.41) is 17.8. The molecule has 1 unspecified atom stereocenters. The van der Waals surface area contributed by atoms with Crippen molar-refractivity contribution in [2.75, 3.05) is 40.3 Å². The summed E-state index contributed by atoms with van der Waals surface area (Å²) in [6, 6.07) is 12.0. The second kappa shape index (κ2) is 14.4. The van der Waals surface area contributed by atoms with Crippen molar-refractivity contribution >= 4 is 21.8 Å². The van der Waals surface area contributed by atoms with Crippen LogP contribution >= 0.6 is 0 Å². The molecule has 3 rings (SSSR count). The van der Waals surface area contributed by atoms with Crippen molar-refractivity contribution in [1.82, 2.24) is 19.8 Å². The molecule has 14 heteroatoms. The number of likely N-dealkylation sites (N-methyl/N-ethyl adjacent to an activating group) is 1. The van der Waals surface area contributed by atoms with Gasteiger partial charge in [-0.3, -0.25) is 9.59 Å². The normalized spacial score (nSPS) is 15.7. The summed E-state index contributed by atoms with van der Waals surface area (Å²) in [5.41, 5.74) is -1.95. The zero-order valence-electron chi connectivity index (χ0n) is 26.6. The Labute approximate surface area is 263 Å². The van der Waals surface area contributed by atoms with Crippen molar-refractivity contribution in [1.29, 1.82) is 0 Å². The first kappa shape index (κ1) is 36.1. The van der Waals surface area contributed by atoms with Gasteiger partial charge in [-0.05, 0) is 43.1 Å². The highest BCUT2D eigenvalue weighted by Crippen LogP contribution is 2.43. The monoisotopic (exact) mass is 654 g/mol. The van der Waals surface area contributed by atoms with E-state index in [0.29, 0.717) is 5.56 Å². The lowest BCUT2D eigenvalue weighted by Crippen LogP contribution is -2.55. The van der Waals surface area contributed by atoms with Crippen LogP contribution < -0.4 is 20.1 Å². The van der Waals surface area contributed by atoms with Crippen molar-refractivity contribution in [3.63, 3.8) is 0 Å². The average Bonchev–Trinajstić information content (AvgIpc) is 3.23. The Kier molecular flexibility index (Phi) is 11.6. The van der Waals surface area contributed by atoms with Gasteiger partial charge in [0.05, 0.1) is 11.4 Å². The Hall–Kier alpha value is -3.33. The molecule has 1 aliphatic heterocycles. The van der Waals surface area contributed by atoms with Crippen LogP contribution in [0.3, 0.4) is 0 Å². The van der Waals surface area contributed by atoms with Crippen LogP contribution in [0.2, 0.25) is 0 Å². The van der Waals surface area contributed by atoms with E-state index in [4.69, 9.17) is 0 Å². The third-order valence-corrected chi connectivity index (χ3v) is 8.92. The van der Waals surface area contributed by atoms with Gasteiger partial charge in [-0.15, -0.1) is 8.78 Å². The van der Waals surface area contributed by atoms with Crippen LogP contribution in [0.1, 0.15) is 46.1 Å². The number of hydrogen-bond donors (Lipinski definition) is 3. The maximum Gasteiger partial charge on any atom is 0.586 e. The third-order valence-electron chi connectivity index (χ3n) is 7.00. The number of amides is 2. The number of carbonyl (C=O) groups excluding carboxylic acids is 2. The van der Waals surface area contributed by atoms with Crippen LogP contribution in [0.25, 0.3) is 0 Å². The van der Waals surface area contributed by atoms with Gasteiger partial charge in [-0.2, -0.15) is 4.31 Å². The number of ether oxygens (including phenoxy) is 2. The minimum atomic E-state index is -4.49. The number of sulfonamides is 1. The molecule has 0 aliphatic carbocycles. The number of halogens is 2. The maximum absolute atomic E-state index is 14.1. The van der Waals surface area contributed by atoms with Gasteiger partial charge in [0.1, 0.15) is 5.72 Å². The standard InChI is InChI=1S/C31H44F2N4O7S/c1-22(2)19-37(45(41,42)24-12-13-25-26(16-24)44-31(32,33)43-25)30(40,17-23-10-8-7-9-11-23)14-15-34-27(38)18-29(3,4)21-35-28(39)20-36(5)6/h7-13,16,22,40H,14-15,17-21H2,1-6H3,(H,34,38)(H,35,39). The second-order valence-electron chi connectivity index (χ2n) is 12.8. The first-order chi connectivity index (χ1) is 20.8. The topological polar surface area (TPSA) is 138 Å². The Morgan fingerprint density at radius 3 is 2.27 bits per heavy atom. The van der Waals surface area contributed by atoms with Crippen molar-refractivity contribution in [2.24, 2.45) is 11.3 Å². The average molecular weight is 655 g/mol. The molecule has 1 heterocycles. The predicted molar refractivity (Wildman–Crippen MR) is 164 cm³/mol. The Morgan fingerprint density at radius 2 is 1.64 bits per heavy atom. The second-order valence-corrected chi connectivity index (χ2v) is 14.7. The smallest absolute Gasteiger partial charge is 0.395 e. The molecule has 0 spiro atoms. The molecule has 3 N–H and O–H groups in total. The van der Waals surface area contributed by atoms with Gasteiger partial charge in [-0.25, -0.2) is 8.42 Å². The predicted octanol–water partition coefficient (Wildman–Crippen LogP) is 3.19. The van der Waals surface area contributed by atoms with Crippen LogP contribution in [0, 0.1) is 11.3 Å². The molecule has 0 saturated carbocycles. The van der Waals surface area contributed by atoms with Gasteiger partial charge in [0, 0.05) is 45.0 Å². The molecule has 1 aliphatic rings. The highest BCUT2D eigenvalue weighted by atomic mass is 32.2. The van der Waals surface area contributed by atoms with Crippen molar-refractivity contribution in [2.45, 2.75) is 63.9 Å². The van der Waals surface area contributed by atoms with E-state index in [1.807, 2.05) is 13.8 Å². The lowest BCUT2D eigenvalue weighted by atomic mass is 9.88. The highest BCUT2D eigenvalue weighted by Gasteiger charge is 2.46. The molecule has 11 nitrogen and oxygen atoms in total. The van der Waals surface area contributed by atoms with E-state index in [0.717, 1.165) is 22.5 Å². The fraction of sp³-hybridized carbons (Fsp3) is 0.548. The minimum absolute atomic E-state index is 0.0668. The van der Waals surface area contributed by atoms with Crippen LogP contribution in [0.5, 0.6) is 11.5 Å². The van der Waals surface area contributed by atoms with E-state index in [9.17, 15) is 31.9 Å². The summed E-state index contributed by atoms with van der Waals surface area (Å²) in [4.78, 5) is 26.3. The zero-order valence-corrected chi connectivity index (χ0v) is 27.4. The Morgan fingerprint density at radius 1 is 1.00 bits per heavy atom. The van der Waals surface area contributed by atoms with E-state index >= 15 is 0 Å². The van der Waals surface area contributed by atoms with Gasteiger partial charge >= 0.3 is 6.29 Å². The van der Waals surface area contributed by atoms with Gasteiger partial charge in [0.25, 0.3) is 0 Å². The quantitative estimate of drug-likeness (QED) is 0.235. The molecule has 1 atom stereocenters. The first-order valence-corrected chi connectivity index (χ1v) is 16.1. The summed E-state index contributed by atoms with van der Waals surface area (Å²) < 4.78 is 65.4. The molecular formula is C31H44F2N4O7S. The molecule has 250 valence electrons. The van der Waals surface area contributed by atoms with Gasteiger partial charge in [0.15, 0.2) is 11.5 Å². The van der Waals surface area contributed by atoms with Gasteiger partial charge in [-0.1, -0.05) is 58.0 Å². The number of fused-ring (bicyclic) bond motifs is 1. The summed E-state index contributed by atoms with van der Waals surface area (Å²) in [7, 11) is -0.932. The van der Waals surface area contributed by atoms with E-state index in [2.05, 4.69) is 20.1 Å². The molecule has 0 radical (unpaired) electrons. The molecule has 0 aromatic heterocycles. The SMILES string of the molecule is CC(C)CN(C(O)(CCNC(=O)CC(C)(C)CNC(=O)CN(C)C)Cc1ccccc1)S(=O)(=O)c1ccc2c(c1)OC(F)(F)O2. The highest BCUT2D eigenvalue weighted by molar-refractivity contribution is 7.89. The summed E-state index contributed by atoms with van der Waals surface area (Å²) in [5.74, 6) is -1.48. The van der Waals surface area contributed by atoms with Crippen molar-refractivity contribution in [3.8, 4) is 11.5 Å². The van der Waals surface area contributed by atoms with E-state index in [-0.39, 0.29) is 73.8 Å². The Balaban J connectivity index is 1.83. The zero-order chi connectivity index (χ0) is 33.6. The number of aliphatic hydroxyl groups is 1. The Bertz CT molecular complexity index is 1440. The fourth-order valence-electron chi connectivity index (χ4n) is 4.91. The van der Waals surface area contributed by atoms with Crippen molar-refractivity contribution in [3.05, 3.63) is 54.1 Å². The summed E-state index contributed by atoms with van der Waals surface area (Å²) >= 11 is 0. The van der Waals surface area contributed by atoms with Crippen LogP contribution in [0.15, 0.2) is 53.4 Å². The van der Waals surface area contributed by atoms with Gasteiger partial charge < -0.3 is 30.1 Å². The van der Waals surface area contributed by atoms with E-state index < -0.39 is 33.2 Å². The molecule has 45 heavy (non-hydrogen) atoms. The molecule has 0 bridgehead atoms. The van der Waals surface area contributed by atoms with Crippen molar-refractivity contribution < 1.29 is 41.4 Å². The maximum atomic E-state index is 14.1. The molecule has 0 saturated heterocycles. The number of benzene rings is 2. The summed E-state index contributed by atoms with van der Waals surface area (Å²) in [6.45, 7) is 7.56. The fourth-order valence-corrected chi connectivity index (χ4v) is 6.76. The largest absolute Gasteiger partial charge is 0.586 e. The number of nitrogens with one attached hydrogen (secondary N) is 2. The molecule has 2 amide bonds.